The van der Waals surface area contributed by atoms with E-state index in [2.05, 4.69) is 4.90 Å². The molecule has 0 aliphatic carbocycles. The number of nitrogens with zero attached hydrogens (tertiary/aromatic N) is 1. The Balaban J connectivity index is 2.69. The lowest BCUT2D eigenvalue weighted by Crippen LogP contribution is -2.48. The van der Waals surface area contributed by atoms with Gasteiger partial charge in [-0.25, -0.2) is 4.39 Å². The third kappa shape index (κ3) is 3.15. The lowest BCUT2D eigenvalue weighted by Gasteiger charge is -2.36. The molecule has 0 N–H and O–H groups in total. The van der Waals surface area contributed by atoms with Crippen LogP contribution in [0.2, 0.25) is 0 Å². The molecule has 0 bridgehead atoms. The first-order valence-corrected chi connectivity index (χ1v) is 5.70. The Labute approximate surface area is 92.8 Å². The van der Waals surface area contributed by atoms with Crippen LogP contribution >= 0.6 is 0 Å². The van der Waals surface area contributed by atoms with Gasteiger partial charge in [0.05, 0.1) is 17.7 Å². The first-order valence-electron chi connectivity index (χ1n) is 5.70. The van der Waals surface area contributed by atoms with Crippen LogP contribution in [-0.2, 0) is 4.74 Å². The van der Waals surface area contributed by atoms with Gasteiger partial charge in [0.25, 0.3) is 0 Å². The highest BCUT2D eigenvalue weighted by Crippen LogP contribution is 2.34. The number of hydrogen-bond acceptors (Lipinski definition) is 2. The molecule has 1 fully saturated rings. The van der Waals surface area contributed by atoms with Gasteiger partial charge in [-0.15, -0.1) is 0 Å². The number of likely N-dealkylation sites (N-methyl/N-ethyl adjacent to an activating group) is 1. The fourth-order valence-corrected chi connectivity index (χ4v) is 2.61. The average molecular weight is 217 g/mol. The van der Waals surface area contributed by atoms with Crippen LogP contribution in [0.4, 0.5) is 4.39 Å². The van der Waals surface area contributed by atoms with Crippen molar-refractivity contribution in [3.63, 3.8) is 0 Å². The van der Waals surface area contributed by atoms with Gasteiger partial charge < -0.3 is 4.74 Å². The molecule has 1 unspecified atom stereocenters. The van der Waals surface area contributed by atoms with Gasteiger partial charge in [-0.05, 0) is 48.1 Å². The van der Waals surface area contributed by atoms with Gasteiger partial charge in [-0.3, -0.25) is 4.90 Å². The molecule has 0 saturated carbocycles. The number of alkyl halides is 1. The third-order valence-electron chi connectivity index (χ3n) is 3.03. The van der Waals surface area contributed by atoms with Crippen LogP contribution in [0, 0.1) is 0 Å². The van der Waals surface area contributed by atoms with Gasteiger partial charge in [-0.1, -0.05) is 0 Å². The summed E-state index contributed by atoms with van der Waals surface area (Å²) in [6, 6.07) is -0.128. The zero-order valence-electron chi connectivity index (χ0n) is 10.8. The predicted octanol–water partition coefficient (Wildman–Crippen LogP) is 2.62. The molecule has 2 nitrogen and oxygen atoms in total. The maximum atomic E-state index is 14.2. The largest absolute Gasteiger partial charge is 0.371 e. The summed E-state index contributed by atoms with van der Waals surface area (Å²) in [4.78, 5) is 2.07. The molecule has 0 radical (unpaired) electrons. The summed E-state index contributed by atoms with van der Waals surface area (Å²) < 4.78 is 20.1. The molecule has 1 rings (SSSR count). The molecule has 1 saturated heterocycles. The van der Waals surface area contributed by atoms with Crippen molar-refractivity contribution in [2.45, 2.75) is 64.5 Å². The van der Waals surface area contributed by atoms with Gasteiger partial charge in [0.2, 0.25) is 0 Å². The minimum Gasteiger partial charge on any atom is -0.371 e. The molecule has 15 heavy (non-hydrogen) atoms. The number of ether oxygens (including phenoxy) is 1. The minimum atomic E-state index is -1.13. The Hall–Kier alpha value is -0.150. The highest BCUT2D eigenvalue weighted by Gasteiger charge is 2.46. The molecule has 1 aliphatic heterocycles. The van der Waals surface area contributed by atoms with Crippen molar-refractivity contribution in [1.29, 1.82) is 0 Å². The first-order chi connectivity index (χ1) is 6.63. The summed E-state index contributed by atoms with van der Waals surface area (Å²) in [5.41, 5.74) is -1.33. The van der Waals surface area contributed by atoms with E-state index in [0.29, 0.717) is 6.42 Å². The van der Waals surface area contributed by atoms with Crippen molar-refractivity contribution >= 4 is 0 Å². The SMILES string of the molecule is C[C@H](OC(C)(C)C)[C@H]1N(C)CCC1(C)F. The van der Waals surface area contributed by atoms with E-state index in [4.69, 9.17) is 4.74 Å². The monoisotopic (exact) mass is 217 g/mol. The van der Waals surface area contributed by atoms with E-state index in [1.54, 1.807) is 6.92 Å². The van der Waals surface area contributed by atoms with Crippen molar-refractivity contribution in [3.8, 4) is 0 Å². The van der Waals surface area contributed by atoms with E-state index in [1.165, 1.54) is 0 Å². The van der Waals surface area contributed by atoms with E-state index >= 15 is 0 Å². The van der Waals surface area contributed by atoms with Gasteiger partial charge in [0.1, 0.15) is 5.67 Å². The van der Waals surface area contributed by atoms with Gasteiger partial charge in [0.15, 0.2) is 0 Å². The van der Waals surface area contributed by atoms with Crippen molar-refractivity contribution in [3.05, 3.63) is 0 Å². The Kier molecular flexibility index (Phi) is 3.46. The average Bonchev–Trinajstić information content (AvgIpc) is 2.21. The standard InChI is InChI=1S/C12H24FNO/c1-9(15-11(2,3)4)10-12(5,13)7-8-14(10)6/h9-10H,7-8H2,1-6H3/t9-,10+,12?/m0/s1. The number of likely N-dealkylation sites (tertiary alicyclic amines) is 1. The predicted molar refractivity (Wildman–Crippen MR) is 60.8 cm³/mol. The fourth-order valence-electron chi connectivity index (χ4n) is 2.61. The van der Waals surface area contributed by atoms with Crippen molar-refractivity contribution < 1.29 is 9.13 Å². The zero-order valence-corrected chi connectivity index (χ0v) is 10.8. The molecule has 0 aromatic carbocycles. The number of hydrogen-bond donors (Lipinski definition) is 0. The highest BCUT2D eigenvalue weighted by molar-refractivity contribution is 4.99. The van der Waals surface area contributed by atoms with Crippen LogP contribution < -0.4 is 0 Å². The molecule has 0 spiro atoms. The van der Waals surface area contributed by atoms with E-state index in [0.717, 1.165) is 6.54 Å². The molecular weight excluding hydrogens is 193 g/mol. The maximum absolute atomic E-state index is 14.2. The highest BCUT2D eigenvalue weighted by atomic mass is 19.1. The Morgan fingerprint density at radius 1 is 1.47 bits per heavy atom. The second-order valence-electron chi connectivity index (χ2n) is 5.89. The molecule has 0 aromatic rings. The second kappa shape index (κ2) is 4.02. The van der Waals surface area contributed by atoms with Crippen LogP contribution in [0.5, 0.6) is 0 Å². The molecule has 3 heteroatoms. The van der Waals surface area contributed by atoms with Crippen LogP contribution in [0.1, 0.15) is 41.0 Å². The summed E-state index contributed by atoms with van der Waals surface area (Å²) in [7, 11) is 1.97. The molecule has 1 aliphatic rings. The Morgan fingerprint density at radius 3 is 2.33 bits per heavy atom. The molecule has 0 aromatic heterocycles. The summed E-state index contributed by atoms with van der Waals surface area (Å²) in [6.07, 6.45) is 0.527. The lowest BCUT2D eigenvalue weighted by atomic mass is 9.94. The summed E-state index contributed by atoms with van der Waals surface area (Å²) in [5, 5.41) is 0. The number of halogens is 1. The third-order valence-corrected chi connectivity index (χ3v) is 3.03. The second-order valence-corrected chi connectivity index (χ2v) is 5.89. The molecule has 3 atom stereocenters. The van der Waals surface area contributed by atoms with E-state index in [9.17, 15) is 4.39 Å². The quantitative estimate of drug-likeness (QED) is 0.705. The summed E-state index contributed by atoms with van der Waals surface area (Å²) in [5.74, 6) is 0. The van der Waals surface area contributed by atoms with Gasteiger partial charge in [0, 0.05) is 6.54 Å². The minimum absolute atomic E-state index is 0.0764. The van der Waals surface area contributed by atoms with E-state index in [1.807, 2.05) is 34.7 Å². The summed E-state index contributed by atoms with van der Waals surface area (Å²) in [6.45, 7) is 10.5. The van der Waals surface area contributed by atoms with E-state index in [-0.39, 0.29) is 17.7 Å². The Bertz CT molecular complexity index is 222. The van der Waals surface area contributed by atoms with Crippen molar-refractivity contribution in [1.82, 2.24) is 4.90 Å². The van der Waals surface area contributed by atoms with Crippen molar-refractivity contribution in [2.75, 3.05) is 13.6 Å². The zero-order chi connectivity index (χ0) is 11.9. The van der Waals surface area contributed by atoms with Gasteiger partial charge >= 0.3 is 0 Å². The van der Waals surface area contributed by atoms with E-state index < -0.39 is 5.67 Å². The van der Waals surface area contributed by atoms with Crippen molar-refractivity contribution in [2.24, 2.45) is 0 Å². The molecule has 1 heterocycles. The number of rotatable bonds is 2. The smallest absolute Gasteiger partial charge is 0.127 e. The van der Waals surface area contributed by atoms with Crippen LogP contribution in [0.15, 0.2) is 0 Å². The van der Waals surface area contributed by atoms with Crippen LogP contribution in [-0.4, -0.2) is 41.9 Å². The molecular formula is C12H24FNO. The molecule has 0 amide bonds. The van der Waals surface area contributed by atoms with Gasteiger partial charge in [-0.2, -0.15) is 0 Å². The lowest BCUT2D eigenvalue weighted by molar-refractivity contribution is -0.0985. The van der Waals surface area contributed by atoms with Crippen LogP contribution in [0.3, 0.4) is 0 Å². The molecule has 90 valence electrons. The normalized spacial score (nSPS) is 35.8. The fraction of sp³-hybridized carbons (Fsp3) is 1.00. The maximum Gasteiger partial charge on any atom is 0.127 e. The Morgan fingerprint density at radius 2 is 2.00 bits per heavy atom. The van der Waals surface area contributed by atoms with Crippen LogP contribution in [0.25, 0.3) is 0 Å². The summed E-state index contributed by atoms with van der Waals surface area (Å²) >= 11 is 0. The topological polar surface area (TPSA) is 12.5 Å². The first kappa shape index (κ1) is 12.9.